The predicted molar refractivity (Wildman–Crippen MR) is 384 cm³/mol. The first-order valence-electron chi connectivity index (χ1n) is 35.0. The quantitative estimate of drug-likeness (QED) is 0.142. The van der Waals surface area contributed by atoms with Crippen molar-refractivity contribution in [2.75, 3.05) is 0 Å². The van der Waals surface area contributed by atoms with E-state index in [4.69, 9.17) is 8.53 Å². The molecule has 21 aromatic rings. The highest BCUT2D eigenvalue weighted by Crippen LogP contribution is 2.40. The number of benzene rings is 1. The van der Waals surface area contributed by atoms with Gasteiger partial charge in [-0.05, 0) is 66.7 Å². The number of nitrogens with zero attached hydrogens (tertiary/aromatic N) is 23. The first-order valence-corrected chi connectivity index (χ1v) is 34.4. The van der Waals surface area contributed by atoms with Gasteiger partial charge >= 0.3 is 23.2 Å². The summed E-state index contributed by atoms with van der Waals surface area (Å²) < 4.78 is 58.8. The molecule has 0 fully saturated rings. The largest absolute Gasteiger partial charge is 0.468 e. The molecule has 25 heterocycles. The summed E-state index contributed by atoms with van der Waals surface area (Å²) in [4.78, 5) is 43.5. The molecule has 20 aromatic heterocycles. The third-order valence-electron chi connectivity index (χ3n) is 20.6. The van der Waals surface area contributed by atoms with Crippen LogP contribution >= 0.6 is 11.3 Å². The number of hydrogen-bond acceptors (Lipinski definition) is 12. The second-order valence-electron chi connectivity index (χ2n) is 26.0. The maximum absolute atomic E-state index is 7.95. The van der Waals surface area contributed by atoms with E-state index in [0.29, 0.717) is 17.8 Å². The molecule has 26 rings (SSSR count). The molecule has 0 amide bonds. The average molecular weight is 1370 g/mol. The number of fused-ring (bicyclic) bond motifs is 35. The smallest absolute Gasteiger partial charge is 0.385 e. The second kappa shape index (κ2) is 21.8. The Labute approximate surface area is 590 Å². The SMILES string of the molecule is Cn1c2cnccc2[n+]2cc3n(c12)Cc1ccncc1-3.[2H]C([2H])([2H])n1c2cnccc2[n+]2cc3n(c12)Cc1ccncc1-3.c1cc2c(cn1)-c1c3sc4ccncc4n3c[n+]1C2.c1cc2c(cn1)-c1c[n+]3c4ccncc4oc3n1C2.c1ccc(-n2c3cnccc3[n+]3cc4n(c23)Cc2ccncc2-4)cc1. The van der Waals surface area contributed by atoms with Crippen LogP contribution in [0.4, 0.5) is 0 Å². The maximum atomic E-state index is 7.95. The zero-order chi connectivity index (χ0) is 70.2. The highest BCUT2D eigenvalue weighted by Gasteiger charge is 2.37. The van der Waals surface area contributed by atoms with Gasteiger partial charge in [-0.1, -0.05) is 29.5 Å². The molecule has 490 valence electrons. The molecule has 0 N–H and O–H groups in total. The van der Waals surface area contributed by atoms with Crippen LogP contribution < -0.4 is 22.2 Å². The molecular formula is C78H56N23OS+5. The lowest BCUT2D eigenvalue weighted by Gasteiger charge is -2.00. The first kappa shape index (κ1) is 54.1. The summed E-state index contributed by atoms with van der Waals surface area (Å²) in [5.41, 5.74) is 28.4. The van der Waals surface area contributed by atoms with Crippen molar-refractivity contribution >= 4 is 93.8 Å². The molecule has 0 radical (unpaired) electrons. The van der Waals surface area contributed by atoms with E-state index in [1.165, 1.54) is 92.5 Å². The van der Waals surface area contributed by atoms with Crippen LogP contribution in [-0.2, 0) is 46.7 Å². The molecule has 0 unspecified atom stereocenters. The Morgan fingerprint density at radius 1 is 0.408 bits per heavy atom. The van der Waals surface area contributed by atoms with Gasteiger partial charge in [0.05, 0.1) is 84.6 Å². The van der Waals surface area contributed by atoms with Crippen molar-refractivity contribution < 1.29 is 30.7 Å². The molecule has 0 saturated carbocycles. The van der Waals surface area contributed by atoms with Gasteiger partial charge in [-0.15, -0.1) is 0 Å². The number of rotatable bonds is 1. The number of aromatic nitrogens is 23. The van der Waals surface area contributed by atoms with E-state index in [2.05, 4.69) is 194 Å². The number of hydrogen-bond donors (Lipinski definition) is 0. The molecule has 103 heavy (non-hydrogen) atoms. The fourth-order valence-electron chi connectivity index (χ4n) is 16.0. The van der Waals surface area contributed by atoms with Crippen LogP contribution in [0.1, 0.15) is 31.9 Å². The van der Waals surface area contributed by atoms with E-state index in [9.17, 15) is 0 Å². The Balaban J connectivity index is 0.0000000830. The zero-order valence-corrected chi connectivity index (χ0v) is 55.5. The van der Waals surface area contributed by atoms with E-state index in [-0.39, 0.29) is 0 Å². The van der Waals surface area contributed by atoms with E-state index in [1.807, 2.05) is 144 Å². The molecule has 0 bridgehead atoms. The van der Waals surface area contributed by atoms with Crippen molar-refractivity contribution in [2.45, 2.75) is 32.7 Å². The van der Waals surface area contributed by atoms with Crippen molar-refractivity contribution in [3.8, 4) is 62.0 Å². The van der Waals surface area contributed by atoms with E-state index in [0.717, 1.165) is 99.2 Å². The first-order chi connectivity index (χ1) is 52.1. The molecule has 0 saturated heterocycles. The highest BCUT2D eigenvalue weighted by atomic mass is 32.1. The molecule has 0 spiro atoms. The number of oxazole rings is 1. The topological polar surface area (TPSA) is 201 Å². The van der Waals surface area contributed by atoms with Gasteiger partial charge in [0, 0.05) is 144 Å². The lowest BCUT2D eigenvalue weighted by molar-refractivity contribution is -0.671. The number of imidazole rings is 8. The fraction of sp³-hybridized carbons (Fsp3) is 0.0897. The van der Waals surface area contributed by atoms with Gasteiger partial charge in [0.1, 0.15) is 77.2 Å². The number of para-hydroxylation sites is 1. The van der Waals surface area contributed by atoms with Gasteiger partial charge in [-0.3, -0.25) is 49.8 Å². The van der Waals surface area contributed by atoms with Crippen molar-refractivity contribution in [1.29, 1.82) is 0 Å². The summed E-state index contributed by atoms with van der Waals surface area (Å²) in [6.45, 7) is 1.89. The molecule has 5 aliphatic heterocycles. The Morgan fingerprint density at radius 2 is 0.845 bits per heavy atom. The Morgan fingerprint density at radius 3 is 1.44 bits per heavy atom. The van der Waals surface area contributed by atoms with Crippen LogP contribution in [0.15, 0.2) is 250 Å². The molecule has 0 aliphatic carbocycles. The van der Waals surface area contributed by atoms with Gasteiger partial charge in [0.2, 0.25) is 10.4 Å². The van der Waals surface area contributed by atoms with Crippen molar-refractivity contribution in [3.05, 3.63) is 274 Å². The minimum absolute atomic E-state index is 0.604. The molecule has 5 aliphatic rings. The number of pyridine rings is 10. The predicted octanol–water partition coefficient (Wildman–Crippen LogP) is 10.1. The third-order valence-corrected chi connectivity index (χ3v) is 21.8. The van der Waals surface area contributed by atoms with E-state index < -0.39 is 6.98 Å². The minimum atomic E-state index is -2.28. The van der Waals surface area contributed by atoms with E-state index >= 15 is 0 Å². The molecular weight excluding hydrogens is 1310 g/mol. The summed E-state index contributed by atoms with van der Waals surface area (Å²) in [5, 5.41) is 0. The van der Waals surface area contributed by atoms with Gasteiger partial charge in [0.15, 0.2) is 39.0 Å². The zero-order valence-electron chi connectivity index (χ0n) is 57.7. The van der Waals surface area contributed by atoms with Crippen LogP contribution in [0.25, 0.3) is 144 Å². The highest BCUT2D eigenvalue weighted by molar-refractivity contribution is 7.24. The minimum Gasteiger partial charge on any atom is -0.385 e. The Hall–Kier alpha value is -13.8. The summed E-state index contributed by atoms with van der Waals surface area (Å²) in [6, 6.07) is 30.8. The monoisotopic (exact) mass is 1370 g/mol. The Kier molecular flexibility index (Phi) is 11.5. The van der Waals surface area contributed by atoms with Crippen LogP contribution in [-0.4, -0.2) is 86.2 Å². The third kappa shape index (κ3) is 8.35. The standard InChI is InChI=1S/C20H14N5.2C15H12N5.C14H9N4O.C14H9N4S/c1-2-4-15(5-3-1)25-18-11-22-9-7-17(18)24-13-19-16-10-21-8-6-14(16)12-23(19)20(24)25;2*1-18-13-7-17-5-3-12(13)20-9-14-11-6-16-4-2-10(11)8-19(14)15(18)20;1-3-15-5-10-9(1)7-17-12(10)8-18-11-2-4-16-6-13(11)19-14(17)18;1-3-15-5-10-9(1)7-17-8-18-11-6-16-4-2-12(11)19-14(18)13(10)17/h1-11,13H,12H2;2*2-7,9H,8H2,1H3;2*1-6,8H,7H2/q5*+1/i;1D3;;;. The van der Waals surface area contributed by atoms with Crippen molar-refractivity contribution in [1.82, 2.24) is 86.2 Å². The summed E-state index contributed by atoms with van der Waals surface area (Å²) in [6.07, 6.45) is 47.6. The number of aryl methyl sites for hydroxylation is 2. The fourth-order valence-corrected chi connectivity index (χ4v) is 17.1. The van der Waals surface area contributed by atoms with Crippen LogP contribution in [0, 0.1) is 0 Å². The molecule has 25 heteroatoms. The lowest BCUT2D eigenvalue weighted by atomic mass is 10.1. The van der Waals surface area contributed by atoms with Crippen LogP contribution in [0.3, 0.4) is 0 Å². The van der Waals surface area contributed by atoms with Crippen LogP contribution in [0.2, 0.25) is 0 Å². The second-order valence-corrected chi connectivity index (χ2v) is 27.1. The maximum Gasteiger partial charge on any atom is 0.468 e. The summed E-state index contributed by atoms with van der Waals surface area (Å²) in [7, 11) is 2.09. The van der Waals surface area contributed by atoms with Gasteiger partial charge in [0.25, 0.3) is 6.33 Å². The van der Waals surface area contributed by atoms with Gasteiger partial charge in [-0.25, -0.2) is 27.4 Å². The van der Waals surface area contributed by atoms with Crippen molar-refractivity contribution in [3.63, 3.8) is 0 Å². The molecule has 0 atom stereocenters. The van der Waals surface area contributed by atoms with Crippen LogP contribution in [0.5, 0.6) is 0 Å². The molecule has 24 nitrogen and oxygen atoms in total. The van der Waals surface area contributed by atoms with Gasteiger partial charge in [-0.2, -0.15) is 31.1 Å². The average Bonchev–Trinajstić information content (AvgIpc) is 1.55. The van der Waals surface area contributed by atoms with E-state index in [1.54, 1.807) is 31.0 Å². The molecule has 1 aromatic carbocycles. The number of thiazole rings is 1. The summed E-state index contributed by atoms with van der Waals surface area (Å²) in [5.74, 6) is 3.80. The normalized spacial score (nSPS) is 13.5. The van der Waals surface area contributed by atoms with Gasteiger partial charge < -0.3 is 4.42 Å². The van der Waals surface area contributed by atoms with Crippen molar-refractivity contribution in [2.24, 2.45) is 14.0 Å². The lowest BCUT2D eigenvalue weighted by Crippen LogP contribution is -2.29. The Bertz CT molecular complexity index is 7230. The summed E-state index contributed by atoms with van der Waals surface area (Å²) >= 11 is 1.81.